The summed E-state index contributed by atoms with van der Waals surface area (Å²) < 4.78 is 10.8. The molecule has 3 rings (SSSR count). The van der Waals surface area contributed by atoms with Gasteiger partial charge in [0.2, 0.25) is 0 Å². The highest BCUT2D eigenvalue weighted by Gasteiger charge is 2.29. The molecule has 5 nitrogen and oxygen atoms in total. The van der Waals surface area contributed by atoms with Gasteiger partial charge in [0.05, 0.1) is 20.3 Å². The van der Waals surface area contributed by atoms with Crippen LogP contribution in [0.3, 0.4) is 0 Å². The van der Waals surface area contributed by atoms with Crippen LogP contribution in [0.25, 0.3) is 0 Å². The van der Waals surface area contributed by atoms with Gasteiger partial charge >= 0.3 is 6.03 Å². The first-order valence-electron chi connectivity index (χ1n) is 8.01. The average molecular weight is 326 g/mol. The molecule has 2 aromatic rings. The molecule has 0 fully saturated rings. The zero-order valence-electron chi connectivity index (χ0n) is 14.2. The van der Waals surface area contributed by atoms with Crippen molar-refractivity contribution in [1.82, 2.24) is 4.90 Å². The minimum absolute atomic E-state index is 0.0303. The lowest BCUT2D eigenvalue weighted by Crippen LogP contribution is -2.41. The van der Waals surface area contributed by atoms with Crippen LogP contribution in [0.5, 0.6) is 11.5 Å². The number of carbonyl (C=O) groups is 1. The van der Waals surface area contributed by atoms with Crippen LogP contribution < -0.4 is 14.8 Å². The highest BCUT2D eigenvalue weighted by atomic mass is 16.5. The molecule has 0 saturated carbocycles. The molecule has 24 heavy (non-hydrogen) atoms. The number of carbonyl (C=O) groups excluding carboxylic acids is 1. The standard InChI is InChI=1S/C19H22N2O3/c1-13-16-12-18(24-3)17(23-2)11-14(16)9-10-21(13)19(22)20-15-7-5-4-6-8-15/h4-8,11-13H,9-10H2,1-3H3,(H,20,22)/t13-/m1/s1. The second-order valence-corrected chi connectivity index (χ2v) is 5.82. The second kappa shape index (κ2) is 6.83. The normalized spacial score (nSPS) is 16.3. The van der Waals surface area contributed by atoms with E-state index < -0.39 is 0 Å². The molecule has 2 aromatic carbocycles. The minimum atomic E-state index is -0.0888. The third-order valence-corrected chi connectivity index (χ3v) is 4.47. The first-order chi connectivity index (χ1) is 11.6. The van der Waals surface area contributed by atoms with Crippen LogP contribution in [0.2, 0.25) is 0 Å². The summed E-state index contributed by atoms with van der Waals surface area (Å²) >= 11 is 0. The van der Waals surface area contributed by atoms with Gasteiger partial charge in [-0.25, -0.2) is 4.79 Å². The van der Waals surface area contributed by atoms with E-state index in [9.17, 15) is 4.79 Å². The number of hydrogen-bond acceptors (Lipinski definition) is 3. The Bertz CT molecular complexity index is 731. The van der Waals surface area contributed by atoms with E-state index >= 15 is 0 Å². The smallest absolute Gasteiger partial charge is 0.322 e. The lowest BCUT2D eigenvalue weighted by Gasteiger charge is -2.35. The molecule has 2 amide bonds. The third kappa shape index (κ3) is 3.02. The topological polar surface area (TPSA) is 50.8 Å². The van der Waals surface area contributed by atoms with E-state index in [0.29, 0.717) is 12.3 Å². The van der Waals surface area contributed by atoms with Crippen molar-refractivity contribution in [3.05, 3.63) is 53.6 Å². The molecule has 0 radical (unpaired) electrons. The van der Waals surface area contributed by atoms with Crippen molar-refractivity contribution in [1.29, 1.82) is 0 Å². The van der Waals surface area contributed by atoms with E-state index in [1.807, 2.05) is 54.3 Å². The first-order valence-corrected chi connectivity index (χ1v) is 8.01. The van der Waals surface area contributed by atoms with Gasteiger partial charge in [-0.15, -0.1) is 0 Å². The van der Waals surface area contributed by atoms with Crippen LogP contribution in [-0.2, 0) is 6.42 Å². The van der Waals surface area contributed by atoms with Crippen LogP contribution in [-0.4, -0.2) is 31.7 Å². The molecule has 0 spiro atoms. The van der Waals surface area contributed by atoms with Crippen molar-refractivity contribution < 1.29 is 14.3 Å². The van der Waals surface area contributed by atoms with Gasteiger partial charge in [0.1, 0.15) is 0 Å². The number of fused-ring (bicyclic) bond motifs is 1. The fourth-order valence-corrected chi connectivity index (χ4v) is 3.14. The second-order valence-electron chi connectivity index (χ2n) is 5.82. The molecule has 1 heterocycles. The summed E-state index contributed by atoms with van der Waals surface area (Å²) in [6.07, 6.45) is 0.794. The maximum absolute atomic E-state index is 12.6. The molecule has 1 aliphatic heterocycles. The van der Waals surface area contributed by atoms with Crippen LogP contribution >= 0.6 is 0 Å². The number of ether oxygens (including phenoxy) is 2. The number of amides is 2. The van der Waals surface area contributed by atoms with E-state index in [4.69, 9.17) is 9.47 Å². The number of methoxy groups -OCH3 is 2. The van der Waals surface area contributed by atoms with E-state index in [1.54, 1.807) is 14.2 Å². The lowest BCUT2D eigenvalue weighted by atomic mass is 9.93. The van der Waals surface area contributed by atoms with Gasteiger partial charge in [0, 0.05) is 12.2 Å². The Morgan fingerprint density at radius 3 is 2.46 bits per heavy atom. The summed E-state index contributed by atoms with van der Waals surface area (Å²) in [6.45, 7) is 2.71. The third-order valence-electron chi connectivity index (χ3n) is 4.47. The van der Waals surface area contributed by atoms with Crippen LogP contribution in [0.15, 0.2) is 42.5 Å². The van der Waals surface area contributed by atoms with E-state index in [0.717, 1.165) is 23.4 Å². The molecule has 0 bridgehead atoms. The molecule has 126 valence electrons. The van der Waals surface area contributed by atoms with Gasteiger partial charge in [0.15, 0.2) is 11.5 Å². The van der Waals surface area contributed by atoms with Gasteiger partial charge in [-0.2, -0.15) is 0 Å². The number of anilines is 1. The minimum Gasteiger partial charge on any atom is -0.493 e. The molecule has 1 N–H and O–H groups in total. The zero-order valence-corrected chi connectivity index (χ0v) is 14.2. The number of benzene rings is 2. The molecule has 5 heteroatoms. The number of para-hydroxylation sites is 1. The number of hydrogen-bond donors (Lipinski definition) is 1. The van der Waals surface area contributed by atoms with Crippen molar-refractivity contribution in [2.24, 2.45) is 0 Å². The predicted molar refractivity (Wildman–Crippen MR) is 93.8 cm³/mol. The van der Waals surface area contributed by atoms with Crippen molar-refractivity contribution in [2.75, 3.05) is 26.1 Å². The Kier molecular flexibility index (Phi) is 4.60. The largest absolute Gasteiger partial charge is 0.493 e. The summed E-state index contributed by atoms with van der Waals surface area (Å²) in [7, 11) is 3.26. The van der Waals surface area contributed by atoms with Crippen molar-refractivity contribution in [3.8, 4) is 11.5 Å². The SMILES string of the molecule is COc1cc2c(cc1OC)[C@@H](C)N(C(=O)Nc1ccccc1)CC2. The Morgan fingerprint density at radius 1 is 1.12 bits per heavy atom. The number of nitrogens with zero attached hydrogens (tertiary/aromatic N) is 1. The van der Waals surface area contributed by atoms with Crippen molar-refractivity contribution in [3.63, 3.8) is 0 Å². The molecule has 0 saturated heterocycles. The Morgan fingerprint density at radius 2 is 1.79 bits per heavy atom. The van der Waals surface area contributed by atoms with Crippen LogP contribution in [0.4, 0.5) is 10.5 Å². The quantitative estimate of drug-likeness (QED) is 0.932. The molecular weight excluding hydrogens is 304 g/mol. The Balaban J connectivity index is 1.83. The molecule has 0 aliphatic carbocycles. The van der Waals surface area contributed by atoms with Crippen molar-refractivity contribution >= 4 is 11.7 Å². The molecule has 1 aliphatic rings. The highest BCUT2D eigenvalue weighted by molar-refractivity contribution is 5.89. The number of rotatable bonds is 3. The maximum Gasteiger partial charge on any atom is 0.322 e. The summed E-state index contributed by atoms with van der Waals surface area (Å²) in [4.78, 5) is 14.5. The summed E-state index contributed by atoms with van der Waals surface area (Å²) in [5.74, 6) is 1.42. The van der Waals surface area contributed by atoms with Gasteiger partial charge < -0.3 is 19.7 Å². The van der Waals surface area contributed by atoms with Crippen molar-refractivity contribution in [2.45, 2.75) is 19.4 Å². The Labute approximate surface area is 142 Å². The summed E-state index contributed by atoms with van der Waals surface area (Å²) in [6, 6.07) is 13.4. The number of nitrogens with one attached hydrogen (secondary N) is 1. The van der Waals surface area contributed by atoms with Crippen LogP contribution in [0, 0.1) is 0 Å². The molecular formula is C19H22N2O3. The van der Waals surface area contributed by atoms with Gasteiger partial charge in [-0.05, 0) is 48.7 Å². The van der Waals surface area contributed by atoms with E-state index in [-0.39, 0.29) is 12.1 Å². The fraction of sp³-hybridized carbons (Fsp3) is 0.316. The monoisotopic (exact) mass is 326 g/mol. The van der Waals surface area contributed by atoms with Gasteiger partial charge in [0.25, 0.3) is 0 Å². The molecule has 1 atom stereocenters. The first kappa shape index (κ1) is 16.2. The highest BCUT2D eigenvalue weighted by Crippen LogP contribution is 2.38. The fourth-order valence-electron chi connectivity index (χ4n) is 3.14. The van der Waals surface area contributed by atoms with Crippen LogP contribution in [0.1, 0.15) is 24.1 Å². The predicted octanol–water partition coefficient (Wildman–Crippen LogP) is 3.86. The zero-order chi connectivity index (χ0) is 17.1. The molecule has 0 aromatic heterocycles. The lowest BCUT2D eigenvalue weighted by molar-refractivity contribution is 0.188. The van der Waals surface area contributed by atoms with Gasteiger partial charge in [-0.3, -0.25) is 0 Å². The summed E-state index contributed by atoms with van der Waals surface area (Å²) in [5, 5.41) is 2.96. The summed E-state index contributed by atoms with van der Waals surface area (Å²) in [5.41, 5.74) is 3.10. The Hall–Kier alpha value is -2.69. The average Bonchev–Trinajstić information content (AvgIpc) is 2.61. The number of urea groups is 1. The van der Waals surface area contributed by atoms with E-state index in [1.165, 1.54) is 5.56 Å². The van der Waals surface area contributed by atoms with E-state index in [2.05, 4.69) is 5.32 Å². The maximum atomic E-state index is 12.6. The molecule has 0 unspecified atom stereocenters. The van der Waals surface area contributed by atoms with Gasteiger partial charge in [-0.1, -0.05) is 18.2 Å².